The van der Waals surface area contributed by atoms with Crippen LogP contribution in [0.1, 0.15) is 28.9 Å². The van der Waals surface area contributed by atoms with Gasteiger partial charge in [0, 0.05) is 38.4 Å². The smallest absolute Gasteiger partial charge is 0.340 e. The van der Waals surface area contributed by atoms with E-state index in [1.165, 1.54) is 12.5 Å². The van der Waals surface area contributed by atoms with Gasteiger partial charge in [-0.3, -0.25) is 4.79 Å². The average molecular weight is 462 g/mol. The lowest BCUT2D eigenvalue weighted by molar-refractivity contribution is -0.134. The van der Waals surface area contributed by atoms with Crippen molar-refractivity contribution in [2.75, 3.05) is 43.0 Å². The molecule has 1 saturated carbocycles. The number of hydrogen-bond donors (Lipinski definition) is 1. The summed E-state index contributed by atoms with van der Waals surface area (Å²) in [6.45, 7) is 1.32. The average Bonchev–Trinajstić information content (AvgIpc) is 3.34. The molecule has 0 spiro atoms. The highest BCUT2D eigenvalue weighted by Crippen LogP contribution is 2.29. The van der Waals surface area contributed by atoms with Crippen molar-refractivity contribution >= 4 is 23.6 Å². The molecule has 0 radical (unpaired) electrons. The SMILES string of the molecule is N#Cc1nc(-c2ccco2)oc1N1CCN(C(=O)COC(=O)c2ccc(NC3CC3)nc2)CC1. The number of oxazole rings is 1. The molecular weight excluding hydrogens is 440 g/mol. The topological polar surface area (TPSA) is 138 Å². The van der Waals surface area contributed by atoms with Crippen LogP contribution in [0.5, 0.6) is 0 Å². The third-order valence-corrected chi connectivity index (χ3v) is 5.62. The first-order valence-corrected chi connectivity index (χ1v) is 11.0. The number of aromatic nitrogens is 2. The molecule has 0 aromatic carbocycles. The summed E-state index contributed by atoms with van der Waals surface area (Å²) < 4.78 is 16.2. The van der Waals surface area contributed by atoms with Crippen LogP contribution in [-0.4, -0.2) is 65.6 Å². The highest BCUT2D eigenvalue weighted by Gasteiger charge is 2.27. The van der Waals surface area contributed by atoms with Gasteiger partial charge >= 0.3 is 5.97 Å². The summed E-state index contributed by atoms with van der Waals surface area (Å²) in [5.41, 5.74) is 0.452. The van der Waals surface area contributed by atoms with Crippen molar-refractivity contribution in [2.45, 2.75) is 18.9 Å². The lowest BCUT2D eigenvalue weighted by Gasteiger charge is -2.34. The van der Waals surface area contributed by atoms with E-state index < -0.39 is 5.97 Å². The highest BCUT2D eigenvalue weighted by molar-refractivity contribution is 5.91. The maximum Gasteiger partial charge on any atom is 0.340 e. The Labute approximate surface area is 194 Å². The Bertz CT molecular complexity index is 1200. The molecule has 1 amide bonds. The molecule has 3 aromatic heterocycles. The first kappa shape index (κ1) is 21.5. The number of pyridine rings is 1. The normalized spacial score (nSPS) is 15.6. The van der Waals surface area contributed by atoms with E-state index in [9.17, 15) is 14.9 Å². The summed E-state index contributed by atoms with van der Waals surface area (Å²) in [5, 5.41) is 12.7. The van der Waals surface area contributed by atoms with Crippen LogP contribution in [0.15, 0.2) is 45.6 Å². The van der Waals surface area contributed by atoms with E-state index in [0.29, 0.717) is 49.4 Å². The fourth-order valence-corrected chi connectivity index (χ4v) is 3.60. The molecule has 5 rings (SSSR count). The van der Waals surface area contributed by atoms with E-state index in [1.54, 1.807) is 29.2 Å². The number of esters is 1. The van der Waals surface area contributed by atoms with Gasteiger partial charge in [-0.05, 0) is 37.1 Å². The van der Waals surface area contributed by atoms with E-state index >= 15 is 0 Å². The minimum absolute atomic E-state index is 0.159. The van der Waals surface area contributed by atoms with E-state index in [2.05, 4.69) is 15.3 Å². The number of rotatable bonds is 7. The molecule has 0 bridgehead atoms. The fourth-order valence-electron chi connectivity index (χ4n) is 3.60. The van der Waals surface area contributed by atoms with Crippen LogP contribution >= 0.6 is 0 Å². The van der Waals surface area contributed by atoms with Gasteiger partial charge in [-0.2, -0.15) is 10.2 Å². The molecule has 3 aromatic rings. The Kier molecular flexibility index (Phi) is 5.86. The van der Waals surface area contributed by atoms with Crippen LogP contribution in [0.2, 0.25) is 0 Å². The number of piperazine rings is 1. The molecule has 34 heavy (non-hydrogen) atoms. The van der Waals surface area contributed by atoms with Gasteiger partial charge in [0.15, 0.2) is 12.4 Å². The Hall–Kier alpha value is -4.33. The molecule has 2 fully saturated rings. The van der Waals surface area contributed by atoms with Gasteiger partial charge in [-0.15, -0.1) is 0 Å². The van der Waals surface area contributed by atoms with Crippen molar-refractivity contribution in [2.24, 2.45) is 0 Å². The zero-order chi connectivity index (χ0) is 23.5. The van der Waals surface area contributed by atoms with E-state index in [0.717, 1.165) is 18.7 Å². The first-order valence-electron chi connectivity index (χ1n) is 11.0. The molecule has 1 N–H and O–H groups in total. The molecule has 2 aliphatic rings. The Balaban J connectivity index is 1.12. The van der Waals surface area contributed by atoms with Crippen LogP contribution in [0.4, 0.5) is 11.7 Å². The Morgan fingerprint density at radius 2 is 2.03 bits per heavy atom. The van der Waals surface area contributed by atoms with Crippen molar-refractivity contribution in [3.63, 3.8) is 0 Å². The number of hydrogen-bond acceptors (Lipinski definition) is 10. The zero-order valence-corrected chi connectivity index (χ0v) is 18.3. The number of nitrogens with one attached hydrogen (secondary N) is 1. The summed E-state index contributed by atoms with van der Waals surface area (Å²) in [7, 11) is 0. The lowest BCUT2D eigenvalue weighted by Crippen LogP contribution is -2.50. The van der Waals surface area contributed by atoms with Crippen LogP contribution in [0, 0.1) is 11.3 Å². The Morgan fingerprint density at radius 1 is 1.21 bits per heavy atom. The number of nitrogens with zero attached hydrogens (tertiary/aromatic N) is 5. The summed E-state index contributed by atoms with van der Waals surface area (Å²) in [5.74, 6) is 0.843. The van der Waals surface area contributed by atoms with E-state index in [1.807, 2.05) is 11.0 Å². The van der Waals surface area contributed by atoms with Gasteiger partial charge in [0.1, 0.15) is 11.9 Å². The molecule has 1 saturated heterocycles. The summed E-state index contributed by atoms with van der Waals surface area (Å²) in [6, 6.07) is 9.27. The molecule has 11 heteroatoms. The summed E-state index contributed by atoms with van der Waals surface area (Å²) in [6.07, 6.45) is 5.20. The van der Waals surface area contributed by atoms with Gasteiger partial charge in [0.05, 0.1) is 11.8 Å². The quantitative estimate of drug-likeness (QED) is 0.520. The number of furan rings is 1. The number of carbonyl (C=O) groups is 2. The molecule has 1 aliphatic carbocycles. The van der Waals surface area contributed by atoms with E-state index in [-0.39, 0.29) is 24.1 Å². The van der Waals surface area contributed by atoms with Crippen molar-refractivity contribution in [1.29, 1.82) is 5.26 Å². The van der Waals surface area contributed by atoms with Crippen LogP contribution in [0.3, 0.4) is 0 Å². The standard InChI is InChI=1S/C23H22N6O5/c24-12-17-22(34-21(27-17)18-2-1-11-32-18)29-9-7-28(8-10-29)20(30)14-33-23(31)15-3-6-19(25-13-15)26-16-4-5-16/h1-3,6,11,13,16H,4-5,7-10,14H2,(H,25,26). The summed E-state index contributed by atoms with van der Waals surface area (Å²) in [4.78, 5) is 36.7. The Morgan fingerprint density at radius 3 is 2.68 bits per heavy atom. The van der Waals surface area contributed by atoms with Crippen molar-refractivity contribution in [3.8, 4) is 17.7 Å². The molecule has 174 valence electrons. The fraction of sp³-hybridized carbons (Fsp3) is 0.348. The monoisotopic (exact) mass is 462 g/mol. The third kappa shape index (κ3) is 4.71. The van der Waals surface area contributed by atoms with Gasteiger partial charge in [0.25, 0.3) is 11.8 Å². The molecule has 11 nitrogen and oxygen atoms in total. The minimum Gasteiger partial charge on any atom is -0.459 e. The van der Waals surface area contributed by atoms with Crippen LogP contribution < -0.4 is 10.2 Å². The number of nitriles is 1. The van der Waals surface area contributed by atoms with Crippen LogP contribution in [0.25, 0.3) is 11.7 Å². The van der Waals surface area contributed by atoms with Crippen molar-refractivity contribution < 1.29 is 23.2 Å². The summed E-state index contributed by atoms with van der Waals surface area (Å²) >= 11 is 0. The highest BCUT2D eigenvalue weighted by atomic mass is 16.5. The predicted octanol–water partition coefficient (Wildman–Crippen LogP) is 2.28. The van der Waals surface area contributed by atoms with Gasteiger partial charge in [-0.1, -0.05) is 0 Å². The second-order valence-electron chi connectivity index (χ2n) is 8.06. The van der Waals surface area contributed by atoms with Crippen LogP contribution in [-0.2, 0) is 9.53 Å². The second-order valence-corrected chi connectivity index (χ2v) is 8.06. The molecule has 0 atom stereocenters. The largest absolute Gasteiger partial charge is 0.459 e. The van der Waals surface area contributed by atoms with Gasteiger partial charge < -0.3 is 28.7 Å². The zero-order valence-electron chi connectivity index (χ0n) is 18.3. The number of anilines is 2. The maximum absolute atomic E-state index is 12.5. The third-order valence-electron chi connectivity index (χ3n) is 5.62. The molecule has 1 aliphatic heterocycles. The first-order chi connectivity index (χ1) is 16.6. The van der Waals surface area contributed by atoms with Crippen molar-refractivity contribution in [1.82, 2.24) is 14.9 Å². The van der Waals surface area contributed by atoms with Gasteiger partial charge in [-0.25, -0.2) is 9.78 Å². The molecular formula is C23H22N6O5. The number of amides is 1. The number of carbonyl (C=O) groups excluding carboxylic acids is 2. The minimum atomic E-state index is -0.594. The lowest BCUT2D eigenvalue weighted by atomic mass is 10.3. The van der Waals surface area contributed by atoms with E-state index in [4.69, 9.17) is 13.6 Å². The molecule has 4 heterocycles. The van der Waals surface area contributed by atoms with Gasteiger partial charge in [0.2, 0.25) is 11.6 Å². The van der Waals surface area contributed by atoms with Crippen molar-refractivity contribution in [3.05, 3.63) is 48.0 Å². The second kappa shape index (κ2) is 9.27. The predicted molar refractivity (Wildman–Crippen MR) is 119 cm³/mol. The maximum atomic E-state index is 12.5. The number of ether oxygens (including phenoxy) is 1. The molecule has 0 unspecified atom stereocenters.